The molecule has 0 unspecified atom stereocenters. The highest BCUT2D eigenvalue weighted by atomic mass is 32.1. The molecule has 5 heteroatoms. The molecule has 4 nitrogen and oxygen atoms in total. The molecule has 0 saturated carbocycles. The fraction of sp³-hybridized carbons (Fsp3) is 0.417. The maximum atomic E-state index is 11.9. The Labute approximate surface area is 104 Å². The first-order valence-corrected chi connectivity index (χ1v) is 6.35. The number of carbonyl (C=O) groups excluding carboxylic acids is 1. The maximum Gasteiger partial charge on any atom is 0.144 e. The van der Waals surface area contributed by atoms with E-state index in [1.165, 1.54) is 11.3 Å². The molecule has 0 aliphatic heterocycles. The number of aryl methyl sites for hydroxylation is 2. The van der Waals surface area contributed by atoms with Gasteiger partial charge >= 0.3 is 0 Å². The van der Waals surface area contributed by atoms with Crippen LogP contribution in [0.5, 0.6) is 0 Å². The van der Waals surface area contributed by atoms with Crippen LogP contribution >= 0.6 is 11.3 Å². The van der Waals surface area contributed by atoms with Crippen molar-refractivity contribution in [3.05, 3.63) is 33.5 Å². The lowest BCUT2D eigenvalue weighted by atomic mass is 10.1. The summed E-state index contributed by atoms with van der Waals surface area (Å²) in [5.74, 6) is 0.194. The van der Waals surface area contributed by atoms with E-state index in [0.29, 0.717) is 12.8 Å². The minimum absolute atomic E-state index is 0.194. The standard InChI is InChI=1S/C12H15N3OS/c1-8-11(9(2)15(3)14-8)6-10(16)7-12-13-4-5-17-12/h4-5H,6-7H2,1-3H3. The molecule has 0 bridgehead atoms. The Morgan fingerprint density at radius 2 is 2.18 bits per heavy atom. The molecule has 0 spiro atoms. The van der Waals surface area contributed by atoms with E-state index in [1.807, 2.05) is 31.0 Å². The molecule has 0 aliphatic rings. The average Bonchev–Trinajstić information content (AvgIpc) is 2.83. The minimum atomic E-state index is 0.194. The zero-order valence-electron chi connectivity index (χ0n) is 10.2. The van der Waals surface area contributed by atoms with Gasteiger partial charge in [0.15, 0.2) is 0 Å². The van der Waals surface area contributed by atoms with Crippen LogP contribution < -0.4 is 0 Å². The highest BCUT2D eigenvalue weighted by molar-refractivity contribution is 7.09. The molecule has 0 atom stereocenters. The Bertz CT molecular complexity index is 528. The molecular weight excluding hydrogens is 234 g/mol. The molecule has 0 fully saturated rings. The van der Waals surface area contributed by atoms with Crippen LogP contribution in [0.25, 0.3) is 0 Å². The van der Waals surface area contributed by atoms with E-state index in [9.17, 15) is 4.79 Å². The summed E-state index contributed by atoms with van der Waals surface area (Å²) in [6.45, 7) is 3.94. The van der Waals surface area contributed by atoms with Gasteiger partial charge in [0.1, 0.15) is 5.78 Å². The number of ketones is 1. The van der Waals surface area contributed by atoms with Gasteiger partial charge < -0.3 is 0 Å². The van der Waals surface area contributed by atoms with Crippen LogP contribution in [-0.4, -0.2) is 20.5 Å². The van der Waals surface area contributed by atoms with Crippen LogP contribution in [0.3, 0.4) is 0 Å². The zero-order chi connectivity index (χ0) is 12.4. The van der Waals surface area contributed by atoms with Crippen molar-refractivity contribution in [2.75, 3.05) is 0 Å². The third-order valence-electron chi connectivity index (χ3n) is 2.86. The van der Waals surface area contributed by atoms with Crippen LogP contribution in [0.15, 0.2) is 11.6 Å². The number of Topliss-reactive ketones (excluding diaryl/α,β-unsaturated/α-hetero) is 1. The van der Waals surface area contributed by atoms with Crippen LogP contribution in [0.1, 0.15) is 22.0 Å². The Balaban J connectivity index is 2.08. The molecule has 2 aromatic rings. The average molecular weight is 249 g/mol. The molecule has 0 N–H and O–H groups in total. The SMILES string of the molecule is Cc1nn(C)c(C)c1CC(=O)Cc1nccs1. The summed E-state index contributed by atoms with van der Waals surface area (Å²) in [6, 6.07) is 0. The van der Waals surface area contributed by atoms with Crippen LogP contribution in [0.2, 0.25) is 0 Å². The van der Waals surface area contributed by atoms with Crippen molar-refractivity contribution in [3.8, 4) is 0 Å². The monoisotopic (exact) mass is 249 g/mol. The molecule has 2 heterocycles. The molecule has 90 valence electrons. The van der Waals surface area contributed by atoms with Gasteiger partial charge in [0, 0.05) is 36.3 Å². The summed E-state index contributed by atoms with van der Waals surface area (Å²) in [5.41, 5.74) is 3.06. The van der Waals surface area contributed by atoms with Crippen molar-refractivity contribution < 1.29 is 4.79 Å². The largest absolute Gasteiger partial charge is 0.299 e. The second kappa shape index (κ2) is 4.79. The Kier molecular flexibility index (Phi) is 3.38. The zero-order valence-corrected chi connectivity index (χ0v) is 11.0. The van der Waals surface area contributed by atoms with E-state index in [2.05, 4.69) is 10.1 Å². The predicted molar refractivity (Wildman–Crippen MR) is 67.2 cm³/mol. The van der Waals surface area contributed by atoms with E-state index in [1.54, 1.807) is 6.20 Å². The van der Waals surface area contributed by atoms with E-state index < -0.39 is 0 Å². The fourth-order valence-corrected chi connectivity index (χ4v) is 2.49. The van der Waals surface area contributed by atoms with Gasteiger partial charge in [-0.2, -0.15) is 5.10 Å². The minimum Gasteiger partial charge on any atom is -0.299 e. The molecule has 0 amide bonds. The fourth-order valence-electron chi connectivity index (χ4n) is 1.84. The lowest BCUT2D eigenvalue weighted by molar-refractivity contribution is -0.117. The summed E-state index contributed by atoms with van der Waals surface area (Å²) in [6.07, 6.45) is 2.60. The van der Waals surface area contributed by atoms with Crippen LogP contribution in [0, 0.1) is 13.8 Å². The molecule has 2 aromatic heterocycles. The summed E-state index contributed by atoms with van der Waals surface area (Å²) < 4.78 is 1.82. The van der Waals surface area contributed by atoms with Crippen LogP contribution in [-0.2, 0) is 24.7 Å². The highest BCUT2D eigenvalue weighted by Crippen LogP contribution is 2.14. The summed E-state index contributed by atoms with van der Waals surface area (Å²) in [5, 5.41) is 7.09. The lowest BCUT2D eigenvalue weighted by Crippen LogP contribution is -2.08. The van der Waals surface area contributed by atoms with Gasteiger partial charge in [0.25, 0.3) is 0 Å². The van der Waals surface area contributed by atoms with Gasteiger partial charge in [-0.05, 0) is 13.8 Å². The van der Waals surface area contributed by atoms with Crippen molar-refractivity contribution >= 4 is 17.1 Å². The number of hydrogen-bond donors (Lipinski definition) is 0. The van der Waals surface area contributed by atoms with Gasteiger partial charge in [-0.3, -0.25) is 9.48 Å². The van der Waals surface area contributed by atoms with Crippen molar-refractivity contribution in [1.82, 2.24) is 14.8 Å². The molecule has 0 aromatic carbocycles. The number of carbonyl (C=O) groups is 1. The van der Waals surface area contributed by atoms with Crippen molar-refractivity contribution in [1.29, 1.82) is 0 Å². The highest BCUT2D eigenvalue weighted by Gasteiger charge is 2.14. The second-order valence-corrected chi connectivity index (χ2v) is 5.07. The first kappa shape index (κ1) is 12.0. The van der Waals surface area contributed by atoms with Gasteiger partial charge in [-0.1, -0.05) is 0 Å². The lowest BCUT2D eigenvalue weighted by Gasteiger charge is -2.00. The van der Waals surface area contributed by atoms with E-state index >= 15 is 0 Å². The quantitative estimate of drug-likeness (QED) is 0.830. The van der Waals surface area contributed by atoms with Crippen molar-refractivity contribution in [2.24, 2.45) is 7.05 Å². The second-order valence-electron chi connectivity index (χ2n) is 4.09. The van der Waals surface area contributed by atoms with Gasteiger partial charge in [0.05, 0.1) is 17.1 Å². The molecule has 17 heavy (non-hydrogen) atoms. The van der Waals surface area contributed by atoms with Crippen LogP contribution in [0.4, 0.5) is 0 Å². The van der Waals surface area contributed by atoms with E-state index in [-0.39, 0.29) is 5.78 Å². The number of thiazole rings is 1. The smallest absolute Gasteiger partial charge is 0.144 e. The molecule has 0 radical (unpaired) electrons. The van der Waals surface area contributed by atoms with Crippen molar-refractivity contribution in [2.45, 2.75) is 26.7 Å². The Morgan fingerprint density at radius 1 is 1.41 bits per heavy atom. The van der Waals surface area contributed by atoms with E-state index in [0.717, 1.165) is 22.0 Å². The number of aromatic nitrogens is 3. The first-order chi connectivity index (χ1) is 8.08. The van der Waals surface area contributed by atoms with E-state index in [4.69, 9.17) is 0 Å². The molecular formula is C12H15N3OS. The van der Waals surface area contributed by atoms with Gasteiger partial charge in [-0.15, -0.1) is 11.3 Å². The Morgan fingerprint density at radius 3 is 2.71 bits per heavy atom. The predicted octanol–water partition coefficient (Wildman–Crippen LogP) is 1.85. The molecule has 0 saturated heterocycles. The molecule has 2 rings (SSSR count). The number of hydrogen-bond acceptors (Lipinski definition) is 4. The third-order valence-corrected chi connectivity index (χ3v) is 3.64. The summed E-state index contributed by atoms with van der Waals surface area (Å²) >= 11 is 1.52. The normalized spacial score (nSPS) is 10.8. The summed E-state index contributed by atoms with van der Waals surface area (Å²) in [4.78, 5) is 16.0. The third kappa shape index (κ3) is 2.61. The summed E-state index contributed by atoms with van der Waals surface area (Å²) in [7, 11) is 1.90. The number of nitrogens with zero attached hydrogens (tertiary/aromatic N) is 3. The first-order valence-electron chi connectivity index (χ1n) is 5.47. The molecule has 0 aliphatic carbocycles. The van der Waals surface area contributed by atoms with Gasteiger partial charge in [-0.25, -0.2) is 4.98 Å². The Hall–Kier alpha value is -1.49. The topological polar surface area (TPSA) is 47.8 Å². The number of rotatable bonds is 4. The van der Waals surface area contributed by atoms with Gasteiger partial charge in [0.2, 0.25) is 0 Å². The van der Waals surface area contributed by atoms with Crippen molar-refractivity contribution in [3.63, 3.8) is 0 Å². The maximum absolute atomic E-state index is 11.9.